The largest absolute Gasteiger partial charge is 0.135 e. The van der Waals surface area contributed by atoms with Crippen LogP contribution in [0.4, 0.5) is 0 Å². The first kappa shape index (κ1) is 29.3. The Kier molecular flexibility index (Phi) is 6.27. The Morgan fingerprint density at radius 3 is 1.69 bits per heavy atom. The van der Waals surface area contributed by atoms with Gasteiger partial charge < -0.3 is 0 Å². The van der Waals surface area contributed by atoms with E-state index in [2.05, 4.69) is 127 Å². The third-order valence-electron chi connectivity index (χ3n) is 14.0. The molecular weight excluding hydrogens is 653 g/mol. The fourth-order valence-electron chi connectivity index (χ4n) is 12.1. The van der Waals surface area contributed by atoms with Crippen molar-refractivity contribution >= 4 is 63.0 Å². The Morgan fingerprint density at radius 1 is 0.490 bits per heavy atom. The van der Waals surface area contributed by atoms with Crippen molar-refractivity contribution in [2.45, 2.75) is 56.3 Å². The molecule has 0 N–H and O–H groups in total. The average Bonchev–Trinajstić information content (AvgIpc) is 3.81. The molecule has 4 fully saturated rings. The van der Waals surface area contributed by atoms with Gasteiger partial charge in [0.15, 0.2) is 0 Å². The number of benzene rings is 6. The maximum absolute atomic E-state index is 2.71. The minimum absolute atomic E-state index is 0.229. The summed E-state index contributed by atoms with van der Waals surface area (Å²) in [7, 11) is 0. The monoisotopic (exact) mass is 692 g/mol. The van der Waals surface area contributed by atoms with Crippen molar-refractivity contribution in [1.82, 2.24) is 0 Å². The molecule has 0 saturated heterocycles. The van der Waals surface area contributed by atoms with Crippen molar-refractivity contribution in [3.05, 3.63) is 155 Å². The van der Waals surface area contributed by atoms with Crippen LogP contribution in [-0.2, 0) is 11.8 Å². The first-order valence-electron chi connectivity index (χ1n) is 19.3. The Morgan fingerprint density at radius 2 is 1.04 bits per heavy atom. The normalized spacial score (nSPS) is 24.5. The highest BCUT2D eigenvalue weighted by atomic mass is 32.1. The van der Waals surface area contributed by atoms with Crippen molar-refractivity contribution in [2.75, 3.05) is 0 Å². The van der Waals surface area contributed by atoms with Gasteiger partial charge in [0, 0.05) is 51.7 Å². The van der Waals surface area contributed by atoms with Gasteiger partial charge in [-0.2, -0.15) is 0 Å². The molecule has 51 heavy (non-hydrogen) atoms. The quantitative estimate of drug-likeness (QED) is 0.168. The zero-order valence-electron chi connectivity index (χ0n) is 28.8. The van der Waals surface area contributed by atoms with E-state index < -0.39 is 0 Å². The van der Waals surface area contributed by atoms with E-state index in [1.54, 1.807) is 11.1 Å². The fourth-order valence-corrected chi connectivity index (χ4v) is 14.4. The average molecular weight is 693 g/mol. The van der Waals surface area contributed by atoms with E-state index in [0.29, 0.717) is 5.92 Å². The van der Waals surface area contributed by atoms with E-state index in [1.807, 2.05) is 22.7 Å². The summed E-state index contributed by atoms with van der Waals surface area (Å²) < 4.78 is 5.57. The fraction of sp³-hybridized carbons (Fsp3) is 0.265. The van der Waals surface area contributed by atoms with Gasteiger partial charge in [-0.05, 0) is 132 Å². The number of fused-ring (bicyclic) bond motifs is 9. The second-order valence-corrected chi connectivity index (χ2v) is 18.6. The minimum Gasteiger partial charge on any atom is -0.135 e. The molecule has 4 saturated carbocycles. The van der Waals surface area contributed by atoms with Crippen LogP contribution in [0.1, 0.15) is 72.3 Å². The number of thiophene rings is 2. The standard InChI is InChI=1S/C49H40S2/c1-4-10-43-37(7-1)38-18-14-29(26-44(38)49(43)34-22-30-21-31(24-34)25-35(49)23-30)13-17-36(32-15-19-41-39-8-2-5-11-45(39)50-47(41)27-32)33-16-20-42-40-9-3-6-12-46(40)51-48(42)28-33/h1-12,14-16,18-20,26-28,30-31,34-36H,13,17,21-25H2. The lowest BCUT2D eigenvalue weighted by molar-refractivity contribution is -0.0399. The van der Waals surface area contributed by atoms with Gasteiger partial charge >= 0.3 is 0 Å². The number of hydrogen-bond donors (Lipinski definition) is 0. The Hall–Kier alpha value is -4.24. The lowest BCUT2D eigenvalue weighted by Gasteiger charge is -2.61. The molecule has 1 spiro atoms. The molecular formula is C49H40S2. The van der Waals surface area contributed by atoms with Crippen LogP contribution in [0.2, 0.25) is 0 Å². The number of aryl methyl sites for hydroxylation is 1. The molecule has 0 radical (unpaired) electrons. The van der Waals surface area contributed by atoms with Crippen LogP contribution in [0.3, 0.4) is 0 Å². The molecule has 0 aliphatic heterocycles. The molecule has 4 bridgehead atoms. The zero-order chi connectivity index (χ0) is 33.3. The second kappa shape index (κ2) is 10.9. The highest BCUT2D eigenvalue weighted by molar-refractivity contribution is 7.26. The molecule has 5 aliphatic rings. The van der Waals surface area contributed by atoms with Crippen molar-refractivity contribution in [1.29, 1.82) is 0 Å². The summed E-state index contributed by atoms with van der Waals surface area (Å²) in [6.07, 6.45) is 9.43. The van der Waals surface area contributed by atoms with Gasteiger partial charge in [0.05, 0.1) is 0 Å². The molecule has 2 heteroatoms. The molecule has 0 nitrogen and oxygen atoms in total. The zero-order valence-corrected chi connectivity index (χ0v) is 30.4. The maximum atomic E-state index is 2.71. The van der Waals surface area contributed by atoms with Gasteiger partial charge in [0.25, 0.3) is 0 Å². The second-order valence-electron chi connectivity index (χ2n) is 16.4. The smallest absolute Gasteiger partial charge is 0.0358 e. The van der Waals surface area contributed by atoms with E-state index in [4.69, 9.17) is 0 Å². The van der Waals surface area contributed by atoms with E-state index in [9.17, 15) is 0 Å². The third-order valence-corrected chi connectivity index (χ3v) is 16.2. The van der Waals surface area contributed by atoms with Crippen molar-refractivity contribution in [3.8, 4) is 11.1 Å². The van der Waals surface area contributed by atoms with Crippen molar-refractivity contribution in [3.63, 3.8) is 0 Å². The van der Waals surface area contributed by atoms with E-state index >= 15 is 0 Å². The van der Waals surface area contributed by atoms with Gasteiger partial charge in [-0.25, -0.2) is 0 Å². The van der Waals surface area contributed by atoms with E-state index in [1.165, 1.54) is 100 Å². The minimum atomic E-state index is 0.229. The van der Waals surface area contributed by atoms with Crippen LogP contribution < -0.4 is 0 Å². The molecule has 5 aliphatic carbocycles. The summed E-state index contributed by atoms with van der Waals surface area (Å²) in [5.74, 6) is 3.87. The molecule has 6 aromatic carbocycles. The van der Waals surface area contributed by atoms with E-state index in [-0.39, 0.29) is 5.41 Å². The third kappa shape index (κ3) is 4.18. The Bertz CT molecular complexity index is 2540. The Balaban J connectivity index is 0.960. The first-order valence-corrected chi connectivity index (χ1v) is 20.9. The maximum Gasteiger partial charge on any atom is 0.0358 e. The lowest BCUT2D eigenvalue weighted by atomic mass is 9.43. The molecule has 2 aromatic heterocycles. The predicted octanol–water partition coefficient (Wildman–Crippen LogP) is 13.9. The highest BCUT2D eigenvalue weighted by Gasteiger charge is 2.61. The van der Waals surface area contributed by atoms with Gasteiger partial charge in [-0.15, -0.1) is 22.7 Å². The molecule has 0 amide bonds. The van der Waals surface area contributed by atoms with Crippen molar-refractivity contribution in [2.24, 2.45) is 23.7 Å². The van der Waals surface area contributed by atoms with Gasteiger partial charge in [0.2, 0.25) is 0 Å². The topological polar surface area (TPSA) is 0 Å². The molecule has 0 atom stereocenters. The SMILES string of the molecule is c1ccc2c(c1)-c1ccc(CCC(c3ccc4c(c3)sc3ccccc34)c3ccc4c(c3)sc3ccccc34)cc1C21C2CC3CC(C2)CC1C3. The molecule has 0 unspecified atom stereocenters. The summed E-state index contributed by atoms with van der Waals surface area (Å²) in [4.78, 5) is 0. The molecule has 2 heterocycles. The molecule has 8 aromatic rings. The summed E-state index contributed by atoms with van der Waals surface area (Å²) in [6, 6.07) is 49.7. The summed E-state index contributed by atoms with van der Waals surface area (Å²) in [5, 5.41) is 5.53. The van der Waals surface area contributed by atoms with Crippen LogP contribution in [-0.4, -0.2) is 0 Å². The summed E-state index contributed by atoms with van der Waals surface area (Å²) in [5.41, 5.74) is 11.0. The Labute approximate surface area is 307 Å². The number of rotatable bonds is 5. The summed E-state index contributed by atoms with van der Waals surface area (Å²) >= 11 is 3.88. The van der Waals surface area contributed by atoms with E-state index in [0.717, 1.165) is 36.5 Å². The number of hydrogen-bond acceptors (Lipinski definition) is 2. The summed E-state index contributed by atoms with van der Waals surface area (Å²) in [6.45, 7) is 0. The molecule has 248 valence electrons. The highest BCUT2D eigenvalue weighted by Crippen LogP contribution is 2.69. The van der Waals surface area contributed by atoms with Crippen LogP contribution in [0.15, 0.2) is 127 Å². The van der Waals surface area contributed by atoms with Crippen LogP contribution in [0.5, 0.6) is 0 Å². The van der Waals surface area contributed by atoms with Gasteiger partial charge in [-0.1, -0.05) is 103 Å². The first-order chi connectivity index (χ1) is 25.2. The lowest BCUT2D eigenvalue weighted by Crippen LogP contribution is -2.55. The van der Waals surface area contributed by atoms with Crippen LogP contribution in [0, 0.1) is 23.7 Å². The van der Waals surface area contributed by atoms with Gasteiger partial charge in [0.1, 0.15) is 0 Å². The predicted molar refractivity (Wildman–Crippen MR) is 219 cm³/mol. The van der Waals surface area contributed by atoms with Crippen LogP contribution in [0.25, 0.3) is 51.5 Å². The molecule has 13 rings (SSSR count). The van der Waals surface area contributed by atoms with Crippen molar-refractivity contribution < 1.29 is 0 Å². The van der Waals surface area contributed by atoms with Crippen LogP contribution >= 0.6 is 22.7 Å². The van der Waals surface area contributed by atoms with Gasteiger partial charge in [-0.3, -0.25) is 0 Å².